The highest BCUT2D eigenvalue weighted by Gasteiger charge is 2.23. The Morgan fingerprint density at radius 1 is 1.16 bits per heavy atom. The standard InChI is InChI=1S/C22H30N8O2/c1-5-23-16-7-9-29(10-8-16)22-24-11-17(21(28-22)32-6-2)20(31)27-18-13-30-12-14(3)25-19(30)15(4)26-18/h11-13,16,23H,5-10H2,1-4H3,(H,27,31). The van der Waals surface area contributed by atoms with Crippen LogP contribution < -0.4 is 20.3 Å². The number of anilines is 2. The number of hydrogen-bond acceptors (Lipinski definition) is 8. The number of aryl methyl sites for hydroxylation is 2. The molecule has 170 valence electrons. The lowest BCUT2D eigenvalue weighted by atomic mass is 10.1. The first kappa shape index (κ1) is 21.9. The molecular formula is C22H30N8O2. The van der Waals surface area contributed by atoms with Crippen LogP contribution in [0.25, 0.3) is 5.65 Å². The van der Waals surface area contributed by atoms with Crippen molar-refractivity contribution >= 4 is 23.3 Å². The fraction of sp³-hybridized carbons (Fsp3) is 0.500. The van der Waals surface area contributed by atoms with Gasteiger partial charge < -0.3 is 24.7 Å². The van der Waals surface area contributed by atoms with Gasteiger partial charge in [0.05, 0.1) is 24.2 Å². The van der Waals surface area contributed by atoms with Crippen molar-refractivity contribution in [1.82, 2.24) is 29.7 Å². The van der Waals surface area contributed by atoms with Crippen molar-refractivity contribution in [3.63, 3.8) is 0 Å². The van der Waals surface area contributed by atoms with Gasteiger partial charge in [-0.25, -0.2) is 15.0 Å². The number of rotatable bonds is 7. The second-order valence-corrected chi connectivity index (χ2v) is 7.92. The Bertz CT molecular complexity index is 1100. The molecule has 0 spiro atoms. The zero-order valence-electron chi connectivity index (χ0n) is 19.1. The van der Waals surface area contributed by atoms with Gasteiger partial charge in [0.15, 0.2) is 5.65 Å². The van der Waals surface area contributed by atoms with Crippen molar-refractivity contribution in [2.45, 2.75) is 46.6 Å². The quantitative estimate of drug-likeness (QED) is 0.579. The third-order valence-electron chi connectivity index (χ3n) is 5.50. The van der Waals surface area contributed by atoms with Crippen molar-refractivity contribution in [1.29, 1.82) is 0 Å². The van der Waals surface area contributed by atoms with Gasteiger partial charge in [-0.3, -0.25) is 4.79 Å². The molecule has 3 aromatic rings. The number of hydrogen-bond donors (Lipinski definition) is 2. The molecule has 4 rings (SSSR count). The molecule has 2 N–H and O–H groups in total. The van der Waals surface area contributed by atoms with Crippen molar-refractivity contribution in [3.05, 3.63) is 35.5 Å². The molecule has 0 unspecified atom stereocenters. The Morgan fingerprint density at radius 2 is 1.94 bits per heavy atom. The van der Waals surface area contributed by atoms with Crippen LogP contribution in [0.5, 0.6) is 5.88 Å². The lowest BCUT2D eigenvalue weighted by Gasteiger charge is -2.32. The molecule has 1 aliphatic heterocycles. The average Bonchev–Trinajstić information content (AvgIpc) is 3.15. The summed E-state index contributed by atoms with van der Waals surface area (Å²) >= 11 is 0. The minimum absolute atomic E-state index is 0.277. The second-order valence-electron chi connectivity index (χ2n) is 7.92. The van der Waals surface area contributed by atoms with E-state index in [0.29, 0.717) is 24.4 Å². The maximum Gasteiger partial charge on any atom is 0.263 e. The number of carbonyl (C=O) groups is 1. The number of nitrogens with one attached hydrogen (secondary N) is 2. The molecule has 32 heavy (non-hydrogen) atoms. The van der Waals surface area contributed by atoms with E-state index in [9.17, 15) is 4.79 Å². The molecule has 1 aliphatic rings. The molecule has 0 atom stereocenters. The van der Waals surface area contributed by atoms with Crippen LogP contribution >= 0.6 is 0 Å². The van der Waals surface area contributed by atoms with Gasteiger partial charge in [0, 0.05) is 31.5 Å². The molecule has 1 amide bonds. The summed E-state index contributed by atoms with van der Waals surface area (Å²) < 4.78 is 7.55. The van der Waals surface area contributed by atoms with Gasteiger partial charge in [-0.15, -0.1) is 0 Å². The van der Waals surface area contributed by atoms with Crippen molar-refractivity contribution in [2.24, 2.45) is 0 Å². The molecule has 0 bridgehead atoms. The molecule has 0 saturated carbocycles. The first-order valence-electron chi connectivity index (χ1n) is 11.1. The Balaban J connectivity index is 1.53. The summed E-state index contributed by atoms with van der Waals surface area (Å²) in [5.74, 6) is 0.924. The molecule has 0 radical (unpaired) electrons. The fourth-order valence-electron chi connectivity index (χ4n) is 4.00. The molecule has 1 saturated heterocycles. The Labute approximate surface area is 187 Å². The van der Waals surface area contributed by atoms with E-state index in [-0.39, 0.29) is 17.4 Å². The van der Waals surface area contributed by atoms with Crippen LogP contribution in [-0.2, 0) is 0 Å². The zero-order valence-corrected chi connectivity index (χ0v) is 19.1. The Morgan fingerprint density at radius 3 is 2.66 bits per heavy atom. The molecule has 3 aromatic heterocycles. The summed E-state index contributed by atoms with van der Waals surface area (Å²) in [5, 5.41) is 6.33. The van der Waals surface area contributed by atoms with Gasteiger partial charge in [-0.05, 0) is 40.2 Å². The van der Waals surface area contributed by atoms with E-state index in [0.717, 1.165) is 49.5 Å². The predicted octanol–water partition coefficient (Wildman–Crippen LogP) is 2.37. The lowest BCUT2D eigenvalue weighted by Crippen LogP contribution is -2.43. The van der Waals surface area contributed by atoms with E-state index >= 15 is 0 Å². The third-order valence-corrected chi connectivity index (χ3v) is 5.50. The smallest absolute Gasteiger partial charge is 0.263 e. The average molecular weight is 439 g/mol. The number of ether oxygens (including phenoxy) is 1. The molecule has 0 aromatic carbocycles. The first-order valence-corrected chi connectivity index (χ1v) is 11.1. The van der Waals surface area contributed by atoms with Gasteiger partial charge in [0.2, 0.25) is 11.8 Å². The summed E-state index contributed by atoms with van der Waals surface area (Å²) in [6.45, 7) is 10.9. The molecule has 4 heterocycles. The van der Waals surface area contributed by atoms with Crippen LogP contribution in [0.2, 0.25) is 0 Å². The number of carbonyl (C=O) groups excluding carboxylic acids is 1. The highest BCUT2D eigenvalue weighted by atomic mass is 16.5. The normalized spacial score (nSPS) is 14.7. The molecule has 0 aliphatic carbocycles. The number of imidazole rings is 1. The Hall–Kier alpha value is -3.27. The number of fused-ring (bicyclic) bond motifs is 1. The second kappa shape index (κ2) is 9.47. The predicted molar refractivity (Wildman–Crippen MR) is 123 cm³/mol. The summed E-state index contributed by atoms with van der Waals surface area (Å²) in [6.07, 6.45) is 7.23. The molecular weight excluding hydrogens is 408 g/mol. The molecule has 10 heteroatoms. The highest BCUT2D eigenvalue weighted by Crippen LogP contribution is 2.23. The SMILES string of the molecule is CCNC1CCN(c2ncc(C(=O)Nc3cn4cc(C)nc4c(C)n3)c(OCC)n2)CC1. The third kappa shape index (κ3) is 4.64. The van der Waals surface area contributed by atoms with Gasteiger partial charge in [0.25, 0.3) is 5.91 Å². The topological polar surface area (TPSA) is 110 Å². The van der Waals surface area contributed by atoms with E-state index in [1.807, 2.05) is 31.4 Å². The van der Waals surface area contributed by atoms with E-state index in [2.05, 4.69) is 42.4 Å². The van der Waals surface area contributed by atoms with E-state index in [1.165, 1.54) is 6.20 Å². The minimum Gasteiger partial charge on any atom is -0.477 e. The van der Waals surface area contributed by atoms with E-state index in [1.54, 1.807) is 6.20 Å². The maximum atomic E-state index is 13.0. The number of amides is 1. The summed E-state index contributed by atoms with van der Waals surface area (Å²) in [4.78, 5) is 33.1. The van der Waals surface area contributed by atoms with Gasteiger partial charge in [-0.1, -0.05) is 6.92 Å². The van der Waals surface area contributed by atoms with Crippen LogP contribution in [0.1, 0.15) is 48.4 Å². The van der Waals surface area contributed by atoms with Crippen LogP contribution in [-0.4, -0.2) is 62.5 Å². The largest absolute Gasteiger partial charge is 0.477 e. The fourth-order valence-corrected chi connectivity index (χ4v) is 4.00. The van der Waals surface area contributed by atoms with Crippen LogP contribution in [0, 0.1) is 13.8 Å². The summed E-state index contributed by atoms with van der Waals surface area (Å²) in [6, 6.07) is 0.528. The van der Waals surface area contributed by atoms with Crippen LogP contribution in [0.15, 0.2) is 18.6 Å². The monoisotopic (exact) mass is 438 g/mol. The van der Waals surface area contributed by atoms with E-state index in [4.69, 9.17) is 4.74 Å². The van der Waals surface area contributed by atoms with Gasteiger partial charge in [-0.2, -0.15) is 4.98 Å². The Kier molecular flexibility index (Phi) is 6.50. The highest BCUT2D eigenvalue weighted by molar-refractivity contribution is 6.05. The number of nitrogens with zero attached hydrogens (tertiary/aromatic N) is 6. The summed E-state index contributed by atoms with van der Waals surface area (Å²) in [5.41, 5.74) is 2.66. The molecule has 10 nitrogen and oxygen atoms in total. The first-order chi connectivity index (χ1) is 15.5. The zero-order chi connectivity index (χ0) is 22.7. The van der Waals surface area contributed by atoms with Crippen molar-refractivity contribution < 1.29 is 9.53 Å². The number of piperidine rings is 1. The van der Waals surface area contributed by atoms with Crippen LogP contribution in [0.3, 0.4) is 0 Å². The van der Waals surface area contributed by atoms with Crippen LogP contribution in [0.4, 0.5) is 11.8 Å². The minimum atomic E-state index is -0.367. The van der Waals surface area contributed by atoms with E-state index < -0.39 is 0 Å². The van der Waals surface area contributed by atoms with Crippen molar-refractivity contribution in [3.8, 4) is 5.88 Å². The maximum absolute atomic E-state index is 13.0. The van der Waals surface area contributed by atoms with Gasteiger partial charge in [0.1, 0.15) is 11.4 Å². The lowest BCUT2D eigenvalue weighted by molar-refractivity contribution is 0.102. The molecule has 1 fully saturated rings. The number of aromatic nitrogens is 5. The summed E-state index contributed by atoms with van der Waals surface area (Å²) in [7, 11) is 0. The van der Waals surface area contributed by atoms with Crippen molar-refractivity contribution in [2.75, 3.05) is 36.5 Å². The van der Waals surface area contributed by atoms with Gasteiger partial charge >= 0.3 is 0 Å².